The second-order valence-corrected chi connectivity index (χ2v) is 6.35. The molecule has 2 aromatic rings. The maximum Gasteiger partial charge on any atom is 0.331 e. The van der Waals surface area contributed by atoms with Gasteiger partial charge in [0.2, 0.25) is 0 Å². The van der Waals surface area contributed by atoms with Crippen LogP contribution in [0.5, 0.6) is 0 Å². The van der Waals surface area contributed by atoms with Gasteiger partial charge in [0.15, 0.2) is 6.61 Å². The van der Waals surface area contributed by atoms with E-state index in [4.69, 9.17) is 4.74 Å². The largest absolute Gasteiger partial charge is 0.452 e. The molecule has 1 aromatic carbocycles. The van der Waals surface area contributed by atoms with E-state index in [9.17, 15) is 19.7 Å². The standard InChI is InChI=1S/C20H20N4O5/c25-19(23-13-11-22(12-14-23)18-3-1-2-10-21-18)15-29-20(26)9-6-16-4-7-17(8-5-16)24(27)28/h1-10H,11-15H2/b9-6+. The number of carbonyl (C=O) groups is 2. The van der Waals surface area contributed by atoms with Gasteiger partial charge in [-0.15, -0.1) is 0 Å². The fourth-order valence-corrected chi connectivity index (χ4v) is 2.87. The van der Waals surface area contributed by atoms with E-state index in [1.807, 2.05) is 18.2 Å². The Balaban J connectivity index is 1.42. The zero-order valence-corrected chi connectivity index (χ0v) is 15.6. The van der Waals surface area contributed by atoms with Crippen LogP contribution in [0, 0.1) is 10.1 Å². The molecule has 1 aliphatic heterocycles. The molecule has 0 N–H and O–H groups in total. The first-order valence-corrected chi connectivity index (χ1v) is 9.06. The molecule has 9 heteroatoms. The smallest absolute Gasteiger partial charge is 0.331 e. The van der Waals surface area contributed by atoms with Gasteiger partial charge in [0, 0.05) is 50.6 Å². The van der Waals surface area contributed by atoms with Gasteiger partial charge in [-0.3, -0.25) is 14.9 Å². The average molecular weight is 396 g/mol. The molecule has 1 amide bonds. The number of nitro benzene ring substituents is 1. The molecule has 9 nitrogen and oxygen atoms in total. The second-order valence-electron chi connectivity index (χ2n) is 6.35. The maximum absolute atomic E-state index is 12.2. The fourth-order valence-electron chi connectivity index (χ4n) is 2.87. The van der Waals surface area contributed by atoms with Crippen molar-refractivity contribution in [1.82, 2.24) is 9.88 Å². The summed E-state index contributed by atoms with van der Waals surface area (Å²) in [5, 5.41) is 10.6. The summed E-state index contributed by atoms with van der Waals surface area (Å²) in [6, 6.07) is 11.4. The number of non-ortho nitro benzene ring substituents is 1. The number of amides is 1. The van der Waals surface area contributed by atoms with Crippen LogP contribution in [0.2, 0.25) is 0 Å². The number of pyridine rings is 1. The third kappa shape index (κ3) is 5.61. The normalized spacial score (nSPS) is 14.1. The summed E-state index contributed by atoms with van der Waals surface area (Å²) in [6.07, 6.45) is 4.39. The van der Waals surface area contributed by atoms with Gasteiger partial charge in [-0.05, 0) is 35.9 Å². The maximum atomic E-state index is 12.2. The minimum atomic E-state index is -0.649. The Kier molecular flexibility index (Phi) is 6.51. The van der Waals surface area contributed by atoms with E-state index in [-0.39, 0.29) is 18.2 Å². The summed E-state index contributed by atoms with van der Waals surface area (Å²) in [7, 11) is 0. The predicted octanol–water partition coefficient (Wildman–Crippen LogP) is 1.89. The SMILES string of the molecule is O=C(/C=C/c1ccc([N+](=O)[O-])cc1)OCC(=O)N1CCN(c2ccccn2)CC1. The van der Waals surface area contributed by atoms with Gasteiger partial charge < -0.3 is 14.5 Å². The quantitative estimate of drug-likeness (QED) is 0.318. The first-order valence-electron chi connectivity index (χ1n) is 9.06. The molecule has 1 aliphatic rings. The van der Waals surface area contributed by atoms with Gasteiger partial charge in [-0.1, -0.05) is 6.07 Å². The van der Waals surface area contributed by atoms with Crippen LogP contribution in [0.25, 0.3) is 6.08 Å². The molecule has 150 valence electrons. The molecule has 0 unspecified atom stereocenters. The van der Waals surface area contributed by atoms with Gasteiger partial charge in [-0.25, -0.2) is 9.78 Å². The van der Waals surface area contributed by atoms with Crippen LogP contribution in [0.4, 0.5) is 11.5 Å². The van der Waals surface area contributed by atoms with Crippen LogP contribution < -0.4 is 4.90 Å². The summed E-state index contributed by atoms with van der Waals surface area (Å²) in [5.74, 6) is -0.0195. The summed E-state index contributed by atoms with van der Waals surface area (Å²) in [6.45, 7) is 2.07. The van der Waals surface area contributed by atoms with E-state index in [0.29, 0.717) is 31.7 Å². The molecule has 1 fully saturated rings. The number of hydrogen-bond acceptors (Lipinski definition) is 7. The van der Waals surface area contributed by atoms with Gasteiger partial charge in [0.05, 0.1) is 4.92 Å². The number of esters is 1. The molecule has 0 aliphatic carbocycles. The monoisotopic (exact) mass is 396 g/mol. The number of rotatable bonds is 6. The number of anilines is 1. The first-order chi connectivity index (χ1) is 14.0. The molecule has 0 bridgehead atoms. The van der Waals surface area contributed by atoms with Crippen molar-refractivity contribution in [1.29, 1.82) is 0 Å². The first kappa shape index (κ1) is 20.0. The van der Waals surface area contributed by atoms with E-state index in [0.717, 1.165) is 5.82 Å². The summed E-state index contributed by atoms with van der Waals surface area (Å²) < 4.78 is 5.00. The Labute approximate surface area is 167 Å². The van der Waals surface area contributed by atoms with Gasteiger partial charge in [0.1, 0.15) is 5.82 Å². The third-order valence-electron chi connectivity index (χ3n) is 4.46. The molecule has 2 heterocycles. The summed E-state index contributed by atoms with van der Waals surface area (Å²) in [5.41, 5.74) is 0.586. The van der Waals surface area contributed by atoms with Crippen molar-refractivity contribution >= 4 is 29.5 Å². The molecule has 29 heavy (non-hydrogen) atoms. The number of nitrogens with zero attached hydrogens (tertiary/aromatic N) is 4. The minimum absolute atomic E-state index is 0.0292. The average Bonchev–Trinajstić information content (AvgIpc) is 2.77. The Hall–Kier alpha value is -3.75. The highest BCUT2D eigenvalue weighted by atomic mass is 16.6. The Morgan fingerprint density at radius 3 is 2.45 bits per heavy atom. The topological polar surface area (TPSA) is 106 Å². The molecule has 0 saturated carbocycles. The number of nitro groups is 1. The van der Waals surface area contributed by atoms with Crippen LogP contribution in [0.15, 0.2) is 54.7 Å². The number of hydrogen-bond donors (Lipinski definition) is 0. The van der Waals surface area contributed by atoms with Crippen molar-refractivity contribution in [2.24, 2.45) is 0 Å². The number of piperazine rings is 1. The number of ether oxygens (including phenoxy) is 1. The zero-order chi connectivity index (χ0) is 20.6. The van der Waals surface area contributed by atoms with Crippen molar-refractivity contribution in [3.63, 3.8) is 0 Å². The van der Waals surface area contributed by atoms with Crippen molar-refractivity contribution in [3.05, 3.63) is 70.4 Å². The van der Waals surface area contributed by atoms with Crippen molar-refractivity contribution < 1.29 is 19.2 Å². The highest BCUT2D eigenvalue weighted by molar-refractivity contribution is 5.89. The van der Waals surface area contributed by atoms with Crippen molar-refractivity contribution in [3.8, 4) is 0 Å². The number of aromatic nitrogens is 1. The highest BCUT2D eigenvalue weighted by Crippen LogP contribution is 2.14. The van der Waals surface area contributed by atoms with Gasteiger partial charge in [0.25, 0.3) is 11.6 Å². The number of carbonyl (C=O) groups excluding carboxylic acids is 2. The van der Waals surface area contributed by atoms with E-state index < -0.39 is 10.9 Å². The Bertz CT molecular complexity index is 891. The lowest BCUT2D eigenvalue weighted by molar-refractivity contribution is -0.384. The molecule has 0 atom stereocenters. The molecule has 1 aromatic heterocycles. The van der Waals surface area contributed by atoms with Crippen LogP contribution in [-0.4, -0.2) is 59.5 Å². The molecular formula is C20H20N4O5. The van der Waals surface area contributed by atoms with Crippen LogP contribution in [0.3, 0.4) is 0 Å². The van der Waals surface area contributed by atoms with Crippen molar-refractivity contribution in [2.75, 3.05) is 37.7 Å². The third-order valence-corrected chi connectivity index (χ3v) is 4.46. The molecule has 3 rings (SSSR count). The van der Waals surface area contributed by atoms with Gasteiger partial charge in [-0.2, -0.15) is 0 Å². The zero-order valence-electron chi connectivity index (χ0n) is 15.6. The minimum Gasteiger partial charge on any atom is -0.452 e. The second kappa shape index (κ2) is 9.45. The molecule has 0 radical (unpaired) electrons. The molecule has 1 saturated heterocycles. The lowest BCUT2D eigenvalue weighted by atomic mass is 10.2. The fraction of sp³-hybridized carbons (Fsp3) is 0.250. The number of benzene rings is 1. The van der Waals surface area contributed by atoms with Gasteiger partial charge >= 0.3 is 5.97 Å². The lowest BCUT2D eigenvalue weighted by Gasteiger charge is -2.35. The van der Waals surface area contributed by atoms with Crippen LogP contribution in [0.1, 0.15) is 5.56 Å². The predicted molar refractivity (Wildman–Crippen MR) is 106 cm³/mol. The van der Waals surface area contributed by atoms with Crippen LogP contribution in [-0.2, 0) is 14.3 Å². The van der Waals surface area contributed by atoms with Crippen LogP contribution >= 0.6 is 0 Å². The Morgan fingerprint density at radius 1 is 1.10 bits per heavy atom. The summed E-state index contributed by atoms with van der Waals surface area (Å²) in [4.78, 5) is 42.2. The highest BCUT2D eigenvalue weighted by Gasteiger charge is 2.22. The van der Waals surface area contributed by atoms with Crippen molar-refractivity contribution in [2.45, 2.75) is 0 Å². The summed E-state index contributed by atoms with van der Waals surface area (Å²) >= 11 is 0. The lowest BCUT2D eigenvalue weighted by Crippen LogP contribution is -2.50. The molecule has 0 spiro atoms. The van der Waals surface area contributed by atoms with E-state index in [1.54, 1.807) is 11.1 Å². The Morgan fingerprint density at radius 2 is 1.83 bits per heavy atom. The van der Waals surface area contributed by atoms with E-state index in [1.165, 1.54) is 36.4 Å². The van der Waals surface area contributed by atoms with E-state index in [2.05, 4.69) is 9.88 Å². The molecular weight excluding hydrogens is 376 g/mol. The van der Waals surface area contributed by atoms with E-state index >= 15 is 0 Å².